The Hall–Kier alpha value is -2.86. The maximum absolute atomic E-state index is 12.2. The minimum atomic E-state index is -0.0524. The van der Waals surface area contributed by atoms with Crippen molar-refractivity contribution in [3.8, 4) is 22.8 Å². The molecule has 6 heteroatoms. The second-order valence-corrected chi connectivity index (χ2v) is 8.04. The van der Waals surface area contributed by atoms with Gasteiger partial charge in [0, 0.05) is 17.4 Å². The van der Waals surface area contributed by atoms with Crippen LogP contribution in [-0.2, 0) is 4.79 Å². The molecule has 0 bridgehead atoms. The molecule has 0 radical (unpaired) electrons. The highest BCUT2D eigenvalue weighted by molar-refractivity contribution is 7.14. The number of carbonyl (C=O) groups is 1. The van der Waals surface area contributed by atoms with Crippen LogP contribution in [0.3, 0.4) is 0 Å². The van der Waals surface area contributed by atoms with Gasteiger partial charge < -0.3 is 14.8 Å². The molecule has 1 heterocycles. The average molecular weight is 425 g/mol. The van der Waals surface area contributed by atoms with Gasteiger partial charge in [-0.05, 0) is 62.6 Å². The molecule has 0 aliphatic rings. The summed E-state index contributed by atoms with van der Waals surface area (Å²) in [6.45, 7) is 7.38. The van der Waals surface area contributed by atoms with Gasteiger partial charge in [0.05, 0.1) is 18.9 Å². The highest BCUT2D eigenvalue weighted by atomic mass is 32.1. The molecule has 0 unspecified atom stereocenters. The smallest absolute Gasteiger partial charge is 0.226 e. The van der Waals surface area contributed by atoms with Crippen LogP contribution in [0.5, 0.6) is 11.5 Å². The summed E-state index contributed by atoms with van der Waals surface area (Å²) < 4.78 is 11.4. The first-order chi connectivity index (χ1) is 14.5. The van der Waals surface area contributed by atoms with Crippen LogP contribution in [-0.4, -0.2) is 24.1 Å². The summed E-state index contributed by atoms with van der Waals surface area (Å²) in [5, 5.41) is 5.43. The van der Waals surface area contributed by atoms with Gasteiger partial charge in [-0.3, -0.25) is 4.79 Å². The highest BCUT2D eigenvalue weighted by Gasteiger charge is 2.09. The van der Waals surface area contributed by atoms with Gasteiger partial charge in [0.15, 0.2) is 5.13 Å². The molecule has 0 atom stereocenters. The van der Waals surface area contributed by atoms with Crippen LogP contribution < -0.4 is 14.8 Å². The second-order valence-electron chi connectivity index (χ2n) is 7.18. The van der Waals surface area contributed by atoms with Crippen molar-refractivity contribution in [1.29, 1.82) is 0 Å². The molecule has 0 saturated carbocycles. The van der Waals surface area contributed by atoms with Gasteiger partial charge in [-0.1, -0.05) is 24.6 Å². The number of amides is 1. The van der Waals surface area contributed by atoms with E-state index in [-0.39, 0.29) is 5.91 Å². The van der Waals surface area contributed by atoms with E-state index in [9.17, 15) is 4.79 Å². The topological polar surface area (TPSA) is 60.5 Å². The highest BCUT2D eigenvalue weighted by Crippen LogP contribution is 2.26. The fraction of sp³-hybridized carbons (Fsp3) is 0.333. The Kier molecular flexibility index (Phi) is 7.85. The molecule has 5 nitrogen and oxygen atoms in total. The van der Waals surface area contributed by atoms with Gasteiger partial charge in [0.1, 0.15) is 11.5 Å². The molecule has 0 saturated heterocycles. The minimum absolute atomic E-state index is 0.0524. The number of ether oxygens (including phenoxy) is 2. The first kappa shape index (κ1) is 21.8. The number of hydrogen-bond acceptors (Lipinski definition) is 5. The van der Waals surface area contributed by atoms with E-state index in [1.807, 2.05) is 48.7 Å². The van der Waals surface area contributed by atoms with E-state index >= 15 is 0 Å². The van der Waals surface area contributed by atoms with E-state index in [1.165, 1.54) is 16.9 Å². The summed E-state index contributed by atoms with van der Waals surface area (Å²) in [5.74, 6) is 1.67. The van der Waals surface area contributed by atoms with Crippen LogP contribution in [0.2, 0.25) is 0 Å². The standard InChI is InChI=1S/C24H28N2O3S/c1-4-13-28-20-10-8-19(9-11-20)21-16-30-24(25-21)26-23(27)6-5-14-29-22-12-7-17(2)15-18(22)3/h7-12,15-16H,4-6,13-14H2,1-3H3,(H,25,26,27). The van der Waals surface area contributed by atoms with E-state index in [0.717, 1.165) is 34.7 Å². The van der Waals surface area contributed by atoms with E-state index in [0.29, 0.717) is 31.2 Å². The number of anilines is 1. The van der Waals surface area contributed by atoms with Crippen molar-refractivity contribution in [3.63, 3.8) is 0 Å². The van der Waals surface area contributed by atoms with Crippen LogP contribution in [0.25, 0.3) is 11.3 Å². The summed E-state index contributed by atoms with van der Waals surface area (Å²) in [6, 6.07) is 13.9. The molecule has 0 aliphatic carbocycles. The Bertz CT molecular complexity index is 967. The molecular weight excluding hydrogens is 396 g/mol. The summed E-state index contributed by atoms with van der Waals surface area (Å²) in [4.78, 5) is 16.7. The molecule has 158 valence electrons. The minimum Gasteiger partial charge on any atom is -0.494 e. The third-order valence-corrected chi connectivity index (χ3v) is 5.27. The summed E-state index contributed by atoms with van der Waals surface area (Å²) in [7, 11) is 0. The maximum Gasteiger partial charge on any atom is 0.226 e. The normalized spacial score (nSPS) is 10.6. The molecule has 0 fully saturated rings. The van der Waals surface area contributed by atoms with Crippen molar-refractivity contribution in [3.05, 3.63) is 59.0 Å². The van der Waals surface area contributed by atoms with Crippen molar-refractivity contribution >= 4 is 22.4 Å². The number of benzene rings is 2. The molecular formula is C24H28N2O3S. The lowest BCUT2D eigenvalue weighted by atomic mass is 10.1. The number of nitrogens with one attached hydrogen (secondary N) is 1. The molecule has 2 aromatic carbocycles. The third-order valence-electron chi connectivity index (χ3n) is 4.51. The van der Waals surface area contributed by atoms with Gasteiger partial charge in [0.2, 0.25) is 5.91 Å². The van der Waals surface area contributed by atoms with Crippen LogP contribution >= 0.6 is 11.3 Å². The zero-order chi connectivity index (χ0) is 21.3. The molecule has 0 spiro atoms. The van der Waals surface area contributed by atoms with Gasteiger partial charge >= 0.3 is 0 Å². The Balaban J connectivity index is 1.44. The van der Waals surface area contributed by atoms with Crippen molar-refractivity contribution < 1.29 is 14.3 Å². The van der Waals surface area contributed by atoms with Crippen LogP contribution in [0.4, 0.5) is 5.13 Å². The molecule has 3 rings (SSSR count). The maximum atomic E-state index is 12.2. The summed E-state index contributed by atoms with van der Waals surface area (Å²) in [5.41, 5.74) is 4.16. The van der Waals surface area contributed by atoms with Gasteiger partial charge in [-0.25, -0.2) is 4.98 Å². The Morgan fingerprint density at radius 3 is 2.60 bits per heavy atom. The first-order valence-electron chi connectivity index (χ1n) is 10.2. The van der Waals surface area contributed by atoms with Crippen molar-refractivity contribution in [2.24, 2.45) is 0 Å². The van der Waals surface area contributed by atoms with Crippen molar-refractivity contribution in [1.82, 2.24) is 4.98 Å². The molecule has 30 heavy (non-hydrogen) atoms. The fourth-order valence-corrected chi connectivity index (χ4v) is 3.70. The number of aryl methyl sites for hydroxylation is 2. The average Bonchev–Trinajstić information content (AvgIpc) is 3.19. The van der Waals surface area contributed by atoms with E-state index in [1.54, 1.807) is 0 Å². The molecule has 3 aromatic rings. The monoisotopic (exact) mass is 424 g/mol. The summed E-state index contributed by atoms with van der Waals surface area (Å²) >= 11 is 1.42. The molecule has 1 aromatic heterocycles. The van der Waals surface area contributed by atoms with Crippen LogP contribution in [0.15, 0.2) is 47.8 Å². The zero-order valence-electron chi connectivity index (χ0n) is 17.7. The zero-order valence-corrected chi connectivity index (χ0v) is 18.6. The van der Waals surface area contributed by atoms with Crippen LogP contribution in [0, 0.1) is 13.8 Å². The Morgan fingerprint density at radius 1 is 1.07 bits per heavy atom. The number of thiazole rings is 1. The van der Waals surface area contributed by atoms with Gasteiger partial charge in [0.25, 0.3) is 0 Å². The lowest BCUT2D eigenvalue weighted by Gasteiger charge is -2.09. The predicted octanol–water partition coefficient (Wildman–Crippen LogP) is 6.01. The van der Waals surface area contributed by atoms with Crippen molar-refractivity contribution in [2.45, 2.75) is 40.0 Å². The number of nitrogens with zero attached hydrogens (tertiary/aromatic N) is 1. The fourth-order valence-electron chi connectivity index (χ4n) is 2.96. The Labute approximate surface area is 182 Å². The lowest BCUT2D eigenvalue weighted by Crippen LogP contribution is -2.12. The first-order valence-corrected chi connectivity index (χ1v) is 11.1. The summed E-state index contributed by atoms with van der Waals surface area (Å²) in [6.07, 6.45) is 2.02. The van der Waals surface area contributed by atoms with Crippen LogP contribution in [0.1, 0.15) is 37.3 Å². The van der Waals surface area contributed by atoms with Crippen molar-refractivity contribution in [2.75, 3.05) is 18.5 Å². The largest absolute Gasteiger partial charge is 0.494 e. The van der Waals surface area contributed by atoms with E-state index < -0.39 is 0 Å². The predicted molar refractivity (Wildman–Crippen MR) is 123 cm³/mol. The SMILES string of the molecule is CCCOc1ccc(-c2csc(NC(=O)CCCOc3ccc(C)cc3C)n2)cc1. The Morgan fingerprint density at radius 2 is 1.87 bits per heavy atom. The number of carbonyl (C=O) groups excluding carboxylic acids is 1. The molecule has 1 amide bonds. The van der Waals surface area contributed by atoms with Gasteiger partial charge in [-0.15, -0.1) is 11.3 Å². The number of rotatable bonds is 10. The van der Waals surface area contributed by atoms with Gasteiger partial charge in [-0.2, -0.15) is 0 Å². The lowest BCUT2D eigenvalue weighted by molar-refractivity contribution is -0.116. The number of aromatic nitrogens is 1. The quantitative estimate of drug-likeness (QED) is 0.405. The molecule has 0 aliphatic heterocycles. The second kappa shape index (κ2) is 10.8. The van der Waals surface area contributed by atoms with E-state index in [4.69, 9.17) is 9.47 Å². The van der Waals surface area contributed by atoms with E-state index in [2.05, 4.69) is 30.2 Å². The molecule has 1 N–H and O–H groups in total. The third kappa shape index (κ3) is 6.32. The number of hydrogen-bond donors (Lipinski definition) is 1.